The van der Waals surface area contributed by atoms with Gasteiger partial charge in [0.2, 0.25) is 0 Å². The molecule has 0 aliphatic heterocycles. The van der Waals surface area contributed by atoms with E-state index in [4.69, 9.17) is 5.73 Å². The van der Waals surface area contributed by atoms with Crippen LogP contribution in [0.25, 0.3) is 10.9 Å². The summed E-state index contributed by atoms with van der Waals surface area (Å²) in [5, 5.41) is 3.79. The molecule has 1 amide bonds. The van der Waals surface area contributed by atoms with Gasteiger partial charge >= 0.3 is 0 Å². The molecular weight excluding hydrogens is 400 g/mol. The monoisotopic (exact) mass is 420 g/mol. The predicted molar refractivity (Wildman–Crippen MR) is 119 cm³/mol. The van der Waals surface area contributed by atoms with Crippen LogP contribution < -0.4 is 15.8 Å². The lowest BCUT2D eigenvalue weighted by molar-refractivity contribution is 0.101. The molecule has 0 saturated carbocycles. The van der Waals surface area contributed by atoms with Crippen LogP contribution in [0.4, 0.5) is 17.1 Å². The highest BCUT2D eigenvalue weighted by Crippen LogP contribution is 2.22. The largest absolute Gasteiger partial charge is 0.399 e. The van der Waals surface area contributed by atoms with E-state index in [0.29, 0.717) is 22.8 Å². The van der Waals surface area contributed by atoms with Crippen molar-refractivity contribution in [1.29, 1.82) is 0 Å². The molecule has 152 valence electrons. The summed E-state index contributed by atoms with van der Waals surface area (Å²) >= 11 is 0. The van der Waals surface area contributed by atoms with Crippen LogP contribution in [0.3, 0.4) is 0 Å². The van der Waals surface area contributed by atoms with Crippen molar-refractivity contribution < 1.29 is 13.2 Å². The minimum Gasteiger partial charge on any atom is -0.399 e. The van der Waals surface area contributed by atoms with Gasteiger partial charge < -0.3 is 15.6 Å². The zero-order chi connectivity index (χ0) is 21.3. The third-order valence-corrected chi connectivity index (χ3v) is 6.14. The first-order valence-corrected chi connectivity index (χ1v) is 10.7. The number of hydrogen-bond donors (Lipinski definition) is 3. The molecule has 0 radical (unpaired) electrons. The number of carbonyl (C=O) groups excluding carboxylic acids is 1. The number of amides is 1. The normalized spacial score (nSPS) is 11.4. The molecule has 0 unspecified atom stereocenters. The van der Waals surface area contributed by atoms with Crippen LogP contribution in [0.5, 0.6) is 0 Å². The fraction of sp³-hybridized carbons (Fsp3) is 0.0455. The van der Waals surface area contributed by atoms with E-state index < -0.39 is 10.0 Å². The van der Waals surface area contributed by atoms with Gasteiger partial charge in [0.25, 0.3) is 15.9 Å². The van der Waals surface area contributed by atoms with E-state index in [1.54, 1.807) is 24.3 Å². The van der Waals surface area contributed by atoms with Gasteiger partial charge in [-0.2, -0.15) is 0 Å². The van der Waals surface area contributed by atoms with Crippen molar-refractivity contribution in [2.45, 2.75) is 4.90 Å². The zero-order valence-electron chi connectivity index (χ0n) is 16.2. The Morgan fingerprint density at radius 1 is 0.900 bits per heavy atom. The second-order valence-corrected chi connectivity index (χ2v) is 8.54. The Balaban J connectivity index is 1.55. The quantitative estimate of drug-likeness (QED) is 0.427. The summed E-state index contributed by atoms with van der Waals surface area (Å²) in [5.41, 5.74) is 8.36. The number of nitrogens with one attached hydrogen (secondary N) is 2. The lowest BCUT2D eigenvalue weighted by Gasteiger charge is -2.11. The summed E-state index contributed by atoms with van der Waals surface area (Å²) in [6.45, 7) is 0. The number of sulfonamides is 1. The van der Waals surface area contributed by atoms with E-state index in [1.807, 2.05) is 41.9 Å². The lowest BCUT2D eigenvalue weighted by Crippen LogP contribution is -2.16. The maximum absolute atomic E-state index is 12.8. The molecule has 0 aliphatic rings. The molecule has 0 saturated heterocycles. The van der Waals surface area contributed by atoms with Crippen molar-refractivity contribution in [2.75, 3.05) is 15.8 Å². The van der Waals surface area contributed by atoms with Crippen molar-refractivity contribution in [3.63, 3.8) is 0 Å². The Labute approximate surface area is 174 Å². The number of aryl methyl sites for hydroxylation is 1. The molecule has 4 N–H and O–H groups in total. The number of benzene rings is 3. The Kier molecular flexibility index (Phi) is 4.93. The third kappa shape index (κ3) is 3.85. The van der Waals surface area contributed by atoms with Crippen LogP contribution in [-0.2, 0) is 17.1 Å². The van der Waals surface area contributed by atoms with Crippen molar-refractivity contribution in [1.82, 2.24) is 4.57 Å². The van der Waals surface area contributed by atoms with Gasteiger partial charge in [-0.1, -0.05) is 24.3 Å². The van der Waals surface area contributed by atoms with Gasteiger partial charge in [0.15, 0.2) is 0 Å². The summed E-state index contributed by atoms with van der Waals surface area (Å²) in [4.78, 5) is 12.9. The van der Waals surface area contributed by atoms with Gasteiger partial charge in [-0.05, 0) is 54.6 Å². The molecule has 1 heterocycles. The summed E-state index contributed by atoms with van der Waals surface area (Å²) in [6, 6.07) is 22.0. The second-order valence-electron chi connectivity index (χ2n) is 6.86. The molecule has 8 heteroatoms. The molecule has 0 bridgehead atoms. The first kappa shape index (κ1) is 19.5. The van der Waals surface area contributed by atoms with Crippen molar-refractivity contribution in [3.8, 4) is 0 Å². The summed E-state index contributed by atoms with van der Waals surface area (Å²) < 4.78 is 29.5. The highest BCUT2D eigenvalue weighted by Gasteiger charge is 2.16. The fourth-order valence-corrected chi connectivity index (χ4v) is 4.27. The van der Waals surface area contributed by atoms with Crippen LogP contribution in [0.1, 0.15) is 10.5 Å². The van der Waals surface area contributed by atoms with E-state index in [-0.39, 0.29) is 10.8 Å². The molecule has 1 aromatic heterocycles. The van der Waals surface area contributed by atoms with Crippen molar-refractivity contribution in [2.24, 2.45) is 7.05 Å². The zero-order valence-corrected chi connectivity index (χ0v) is 17.0. The summed E-state index contributed by atoms with van der Waals surface area (Å²) in [5.74, 6) is -0.285. The number of nitrogen functional groups attached to an aromatic ring is 1. The molecule has 3 aromatic carbocycles. The third-order valence-electron chi connectivity index (χ3n) is 4.75. The number of nitrogens with two attached hydrogens (primary N) is 1. The number of para-hydroxylation sites is 1. The molecule has 0 fully saturated rings. The van der Waals surface area contributed by atoms with Crippen LogP contribution in [-0.4, -0.2) is 18.9 Å². The smallest absolute Gasteiger partial charge is 0.272 e. The van der Waals surface area contributed by atoms with E-state index in [0.717, 1.165) is 10.9 Å². The van der Waals surface area contributed by atoms with E-state index in [2.05, 4.69) is 10.0 Å². The van der Waals surface area contributed by atoms with Crippen LogP contribution >= 0.6 is 0 Å². The SMILES string of the molecule is Cn1c(C(=O)Nc2cccc(NS(=O)(=O)c3ccc(N)cc3)c2)cc2ccccc21. The Bertz CT molecular complexity index is 1340. The minimum absolute atomic E-state index is 0.0987. The van der Waals surface area contributed by atoms with Gasteiger partial charge in [-0.3, -0.25) is 9.52 Å². The van der Waals surface area contributed by atoms with Crippen LogP contribution in [0, 0.1) is 0 Å². The molecule has 4 aromatic rings. The van der Waals surface area contributed by atoms with E-state index in [9.17, 15) is 13.2 Å². The maximum atomic E-state index is 12.8. The fourth-order valence-electron chi connectivity index (χ4n) is 3.22. The summed E-state index contributed by atoms with van der Waals surface area (Å²) in [6.07, 6.45) is 0. The Morgan fingerprint density at radius 3 is 2.33 bits per heavy atom. The summed E-state index contributed by atoms with van der Waals surface area (Å²) in [7, 11) is -1.95. The number of nitrogens with zero attached hydrogens (tertiary/aromatic N) is 1. The highest BCUT2D eigenvalue weighted by atomic mass is 32.2. The van der Waals surface area contributed by atoms with Crippen molar-refractivity contribution in [3.05, 3.63) is 84.6 Å². The molecule has 0 spiro atoms. The number of fused-ring (bicyclic) bond motifs is 1. The van der Waals surface area contributed by atoms with Crippen LogP contribution in [0.2, 0.25) is 0 Å². The van der Waals surface area contributed by atoms with Gasteiger partial charge in [0.05, 0.1) is 10.6 Å². The first-order chi connectivity index (χ1) is 14.3. The number of rotatable bonds is 5. The molecule has 30 heavy (non-hydrogen) atoms. The maximum Gasteiger partial charge on any atom is 0.272 e. The molecule has 7 nitrogen and oxygen atoms in total. The van der Waals surface area contributed by atoms with Crippen LogP contribution in [0.15, 0.2) is 83.8 Å². The molecule has 0 aliphatic carbocycles. The van der Waals surface area contributed by atoms with Crippen molar-refractivity contribution >= 4 is 43.9 Å². The number of aromatic nitrogens is 1. The Morgan fingerprint density at radius 2 is 1.60 bits per heavy atom. The first-order valence-electron chi connectivity index (χ1n) is 9.18. The number of anilines is 3. The second kappa shape index (κ2) is 7.57. The topological polar surface area (TPSA) is 106 Å². The van der Waals surface area contributed by atoms with Gasteiger partial charge in [-0.25, -0.2) is 8.42 Å². The number of hydrogen-bond acceptors (Lipinski definition) is 4. The number of carbonyl (C=O) groups is 1. The molecule has 0 atom stereocenters. The Hall–Kier alpha value is -3.78. The molecule has 4 rings (SSSR count). The van der Waals surface area contributed by atoms with Gasteiger partial charge in [-0.15, -0.1) is 0 Å². The minimum atomic E-state index is -3.77. The van der Waals surface area contributed by atoms with E-state index >= 15 is 0 Å². The van der Waals surface area contributed by atoms with E-state index in [1.165, 1.54) is 24.3 Å². The highest BCUT2D eigenvalue weighted by molar-refractivity contribution is 7.92. The predicted octanol–water partition coefficient (Wildman–Crippen LogP) is 3.81. The lowest BCUT2D eigenvalue weighted by atomic mass is 10.2. The molecular formula is C22H20N4O3S. The average Bonchev–Trinajstić information content (AvgIpc) is 3.05. The average molecular weight is 420 g/mol. The van der Waals surface area contributed by atoms with Gasteiger partial charge in [0.1, 0.15) is 5.69 Å². The van der Waals surface area contributed by atoms with Gasteiger partial charge in [0, 0.05) is 29.3 Å². The standard InChI is InChI=1S/C22H20N4O3S/c1-26-20-8-3-2-5-15(20)13-21(26)22(27)24-17-6-4-7-18(14-17)25-30(28,29)19-11-9-16(23)10-12-19/h2-14,25H,23H2,1H3,(H,24,27).